The number of carbonyl (C=O) groups is 2. The SMILES string of the molecule is C=CCOC(=O)c1ccc(NC(=O)C2=C(OCC=C)C(OC(C)C)=C(N)CC2C)c(OC(C)C)c1OCC=C. The summed E-state index contributed by atoms with van der Waals surface area (Å²) in [5.74, 6) is -0.440. The van der Waals surface area contributed by atoms with Gasteiger partial charge in [0.05, 0.1) is 29.2 Å². The predicted octanol–water partition coefficient (Wildman–Crippen LogP) is 5.41. The van der Waals surface area contributed by atoms with E-state index >= 15 is 0 Å². The van der Waals surface area contributed by atoms with Crippen molar-refractivity contribution >= 4 is 17.6 Å². The monoisotopic (exact) mass is 540 g/mol. The Morgan fingerprint density at radius 3 is 2.15 bits per heavy atom. The Morgan fingerprint density at radius 1 is 0.949 bits per heavy atom. The zero-order chi connectivity index (χ0) is 29.1. The molecule has 39 heavy (non-hydrogen) atoms. The zero-order valence-electron chi connectivity index (χ0n) is 23.5. The lowest BCUT2D eigenvalue weighted by atomic mass is 9.88. The van der Waals surface area contributed by atoms with E-state index in [9.17, 15) is 9.59 Å². The number of nitrogens with two attached hydrogens (primary N) is 1. The van der Waals surface area contributed by atoms with E-state index in [2.05, 4.69) is 25.1 Å². The van der Waals surface area contributed by atoms with Gasteiger partial charge in [0.15, 0.2) is 23.0 Å². The smallest absolute Gasteiger partial charge is 0.342 e. The molecule has 1 aliphatic carbocycles. The number of rotatable bonds is 15. The molecule has 0 radical (unpaired) electrons. The molecule has 0 bridgehead atoms. The molecular formula is C30H40N2O7. The molecule has 0 fully saturated rings. The second-order valence-electron chi connectivity index (χ2n) is 9.40. The highest BCUT2D eigenvalue weighted by Gasteiger charge is 2.34. The van der Waals surface area contributed by atoms with Crippen LogP contribution in [0.4, 0.5) is 5.69 Å². The molecule has 212 valence electrons. The van der Waals surface area contributed by atoms with Crippen molar-refractivity contribution in [1.82, 2.24) is 0 Å². The van der Waals surface area contributed by atoms with Crippen LogP contribution in [-0.2, 0) is 19.0 Å². The Hall–Kier alpha value is -4.14. The van der Waals surface area contributed by atoms with Crippen molar-refractivity contribution in [2.75, 3.05) is 25.1 Å². The number of allylic oxidation sites excluding steroid dienone is 1. The van der Waals surface area contributed by atoms with Crippen LogP contribution in [0.5, 0.6) is 11.5 Å². The van der Waals surface area contributed by atoms with E-state index in [1.165, 1.54) is 18.2 Å². The van der Waals surface area contributed by atoms with Gasteiger partial charge in [-0.15, -0.1) is 0 Å². The van der Waals surface area contributed by atoms with Crippen LogP contribution < -0.4 is 20.5 Å². The maximum atomic E-state index is 13.8. The van der Waals surface area contributed by atoms with Crippen LogP contribution in [0.15, 0.2) is 72.9 Å². The number of anilines is 1. The quantitative estimate of drug-likeness (QED) is 0.224. The molecule has 0 heterocycles. The van der Waals surface area contributed by atoms with Gasteiger partial charge in [-0.05, 0) is 52.2 Å². The van der Waals surface area contributed by atoms with Gasteiger partial charge in [-0.25, -0.2) is 4.79 Å². The minimum absolute atomic E-state index is 0.0234. The summed E-state index contributed by atoms with van der Waals surface area (Å²) in [5, 5.41) is 2.92. The topological polar surface area (TPSA) is 118 Å². The van der Waals surface area contributed by atoms with E-state index in [1.807, 2.05) is 34.6 Å². The molecule has 0 saturated heterocycles. The number of hydrogen-bond acceptors (Lipinski definition) is 8. The predicted molar refractivity (Wildman–Crippen MR) is 151 cm³/mol. The molecule has 0 saturated carbocycles. The zero-order valence-corrected chi connectivity index (χ0v) is 23.5. The normalized spacial score (nSPS) is 15.1. The van der Waals surface area contributed by atoms with Gasteiger partial charge < -0.3 is 34.7 Å². The Kier molecular flexibility index (Phi) is 11.7. The van der Waals surface area contributed by atoms with Gasteiger partial charge >= 0.3 is 5.97 Å². The molecule has 9 nitrogen and oxygen atoms in total. The lowest BCUT2D eigenvalue weighted by Gasteiger charge is -2.29. The van der Waals surface area contributed by atoms with Crippen molar-refractivity contribution in [2.24, 2.45) is 11.7 Å². The first-order valence-corrected chi connectivity index (χ1v) is 12.9. The van der Waals surface area contributed by atoms with Crippen LogP contribution in [-0.4, -0.2) is 43.9 Å². The van der Waals surface area contributed by atoms with Crippen LogP contribution in [0.3, 0.4) is 0 Å². The number of carbonyl (C=O) groups excluding carboxylic acids is 2. The van der Waals surface area contributed by atoms with Crippen molar-refractivity contribution in [3.8, 4) is 11.5 Å². The minimum atomic E-state index is -0.625. The average molecular weight is 541 g/mol. The summed E-state index contributed by atoms with van der Waals surface area (Å²) in [6.07, 6.45) is 4.48. The van der Waals surface area contributed by atoms with E-state index in [0.29, 0.717) is 29.1 Å². The molecule has 2 rings (SSSR count). The minimum Gasteiger partial charge on any atom is -0.485 e. The first-order chi connectivity index (χ1) is 18.5. The molecule has 9 heteroatoms. The van der Waals surface area contributed by atoms with Crippen molar-refractivity contribution in [3.05, 3.63) is 78.4 Å². The molecular weight excluding hydrogens is 500 g/mol. The van der Waals surface area contributed by atoms with E-state index in [4.69, 9.17) is 29.4 Å². The second kappa shape index (κ2) is 14.7. The van der Waals surface area contributed by atoms with Crippen LogP contribution in [0.1, 0.15) is 51.4 Å². The fourth-order valence-corrected chi connectivity index (χ4v) is 3.86. The van der Waals surface area contributed by atoms with Gasteiger partial charge in [-0.3, -0.25) is 4.79 Å². The molecule has 1 aromatic carbocycles. The number of amides is 1. The summed E-state index contributed by atoms with van der Waals surface area (Å²) in [7, 11) is 0. The summed E-state index contributed by atoms with van der Waals surface area (Å²) >= 11 is 0. The summed E-state index contributed by atoms with van der Waals surface area (Å²) in [6, 6.07) is 3.07. The highest BCUT2D eigenvalue weighted by atomic mass is 16.5. The fraction of sp³-hybridized carbons (Fsp3) is 0.400. The van der Waals surface area contributed by atoms with Gasteiger partial charge in [0.25, 0.3) is 5.91 Å². The third-order valence-corrected chi connectivity index (χ3v) is 5.32. The van der Waals surface area contributed by atoms with Crippen molar-refractivity contribution < 1.29 is 33.3 Å². The van der Waals surface area contributed by atoms with Gasteiger partial charge in [-0.1, -0.05) is 44.9 Å². The summed E-state index contributed by atoms with van der Waals surface area (Å²) in [6.45, 7) is 20.5. The van der Waals surface area contributed by atoms with E-state index in [1.54, 1.807) is 12.1 Å². The fourth-order valence-electron chi connectivity index (χ4n) is 3.86. The van der Waals surface area contributed by atoms with Crippen molar-refractivity contribution in [1.29, 1.82) is 0 Å². The Morgan fingerprint density at radius 2 is 1.56 bits per heavy atom. The third kappa shape index (κ3) is 8.17. The summed E-state index contributed by atoms with van der Waals surface area (Å²) in [5.41, 5.74) is 7.60. The largest absolute Gasteiger partial charge is 0.485 e. The van der Waals surface area contributed by atoms with Crippen molar-refractivity contribution in [3.63, 3.8) is 0 Å². The van der Waals surface area contributed by atoms with Gasteiger partial charge in [-0.2, -0.15) is 0 Å². The number of ether oxygens (including phenoxy) is 5. The number of esters is 1. The van der Waals surface area contributed by atoms with Crippen LogP contribution in [0.2, 0.25) is 0 Å². The molecule has 1 aromatic rings. The molecule has 1 atom stereocenters. The van der Waals surface area contributed by atoms with E-state index < -0.39 is 11.9 Å². The Bertz CT molecular complexity index is 1150. The molecule has 3 N–H and O–H groups in total. The van der Waals surface area contributed by atoms with Gasteiger partial charge in [0.1, 0.15) is 25.4 Å². The van der Waals surface area contributed by atoms with Crippen molar-refractivity contribution in [2.45, 2.75) is 53.2 Å². The lowest BCUT2D eigenvalue weighted by Crippen LogP contribution is -2.29. The molecule has 1 unspecified atom stereocenters. The van der Waals surface area contributed by atoms with E-state index in [-0.39, 0.29) is 60.8 Å². The molecule has 0 aromatic heterocycles. The Balaban J connectivity index is 2.65. The molecule has 0 aliphatic heterocycles. The summed E-state index contributed by atoms with van der Waals surface area (Å²) < 4.78 is 29.0. The molecule has 0 spiro atoms. The van der Waals surface area contributed by atoms with Gasteiger partial charge in [0.2, 0.25) is 0 Å². The lowest BCUT2D eigenvalue weighted by molar-refractivity contribution is -0.113. The van der Waals surface area contributed by atoms with Crippen LogP contribution in [0.25, 0.3) is 0 Å². The second-order valence-corrected chi connectivity index (χ2v) is 9.40. The van der Waals surface area contributed by atoms with Gasteiger partial charge in [0, 0.05) is 0 Å². The highest BCUT2D eigenvalue weighted by molar-refractivity contribution is 6.07. The number of benzene rings is 1. The van der Waals surface area contributed by atoms with E-state index in [0.717, 1.165) is 0 Å². The maximum absolute atomic E-state index is 13.8. The first-order valence-electron chi connectivity index (χ1n) is 12.9. The number of hydrogen-bond donors (Lipinski definition) is 2. The Labute approximate surface area is 231 Å². The van der Waals surface area contributed by atoms with Crippen LogP contribution >= 0.6 is 0 Å². The third-order valence-electron chi connectivity index (χ3n) is 5.32. The number of nitrogens with one attached hydrogen (secondary N) is 1. The molecule has 1 amide bonds. The van der Waals surface area contributed by atoms with Crippen LogP contribution in [0, 0.1) is 5.92 Å². The highest BCUT2D eigenvalue weighted by Crippen LogP contribution is 2.41. The first kappa shape index (κ1) is 31.1. The standard InChI is InChI=1S/C30H40N2O7/c1-9-14-35-25-21(30(34)37-16-11-3)12-13-23(27(25)39-19(6)7)32-29(33)24-20(8)17-22(31)26(38-18(4)5)28(24)36-15-10-2/h9-13,18-20H,1-3,14-17,31H2,4-8H3,(H,32,33). The molecule has 1 aliphatic rings. The average Bonchev–Trinajstić information content (AvgIpc) is 2.87. The maximum Gasteiger partial charge on any atom is 0.342 e. The summed E-state index contributed by atoms with van der Waals surface area (Å²) in [4.78, 5) is 26.6.